The van der Waals surface area contributed by atoms with Crippen molar-refractivity contribution in [3.8, 4) is 6.07 Å². The van der Waals surface area contributed by atoms with E-state index in [1.165, 1.54) is 0 Å². The van der Waals surface area contributed by atoms with Gasteiger partial charge in [-0.3, -0.25) is 9.78 Å². The summed E-state index contributed by atoms with van der Waals surface area (Å²) in [6, 6.07) is 13.4. The van der Waals surface area contributed by atoms with Gasteiger partial charge in [0, 0.05) is 32.0 Å². The van der Waals surface area contributed by atoms with Crippen LogP contribution in [0.2, 0.25) is 0 Å². The summed E-state index contributed by atoms with van der Waals surface area (Å²) >= 11 is 0. The summed E-state index contributed by atoms with van der Waals surface area (Å²) in [6.45, 7) is 1.48. The smallest absolute Gasteiger partial charge is 0.220 e. The fourth-order valence-corrected chi connectivity index (χ4v) is 3.33. The van der Waals surface area contributed by atoms with Gasteiger partial charge in [-0.05, 0) is 54.5 Å². The number of rotatable bonds is 6. The molecule has 1 saturated heterocycles. The van der Waals surface area contributed by atoms with Gasteiger partial charge in [0.2, 0.25) is 5.91 Å². The van der Waals surface area contributed by atoms with Crippen LogP contribution in [-0.2, 0) is 16.0 Å². The Kier molecular flexibility index (Phi) is 6.34. The van der Waals surface area contributed by atoms with Crippen molar-refractivity contribution in [1.29, 1.82) is 5.26 Å². The predicted octanol–water partition coefficient (Wildman–Crippen LogP) is 3.17. The third kappa shape index (κ3) is 4.90. The van der Waals surface area contributed by atoms with E-state index in [0.717, 1.165) is 37.2 Å². The molecule has 0 unspecified atom stereocenters. The first-order valence-corrected chi connectivity index (χ1v) is 9.02. The Morgan fingerprint density at radius 3 is 2.69 bits per heavy atom. The van der Waals surface area contributed by atoms with Crippen LogP contribution in [0.1, 0.15) is 42.0 Å². The third-order valence-corrected chi connectivity index (χ3v) is 4.82. The molecule has 0 saturated carbocycles. The topological polar surface area (TPSA) is 75.0 Å². The number of nitrogens with one attached hydrogen (secondary N) is 1. The number of hydrogen-bond donors (Lipinski definition) is 1. The Balaban J connectivity index is 1.62. The summed E-state index contributed by atoms with van der Waals surface area (Å²) < 4.78 is 5.46. The van der Waals surface area contributed by atoms with E-state index in [2.05, 4.69) is 16.4 Å². The average Bonchev–Trinajstić information content (AvgIpc) is 2.72. The van der Waals surface area contributed by atoms with E-state index in [-0.39, 0.29) is 11.9 Å². The van der Waals surface area contributed by atoms with Gasteiger partial charge >= 0.3 is 0 Å². The van der Waals surface area contributed by atoms with Gasteiger partial charge in [0.05, 0.1) is 17.7 Å². The molecule has 3 rings (SSSR count). The van der Waals surface area contributed by atoms with Crippen molar-refractivity contribution in [3.63, 3.8) is 0 Å². The summed E-state index contributed by atoms with van der Waals surface area (Å²) in [6.07, 6.45) is 6.54. The van der Waals surface area contributed by atoms with Crippen molar-refractivity contribution in [2.24, 2.45) is 5.92 Å². The summed E-state index contributed by atoms with van der Waals surface area (Å²) in [5, 5.41) is 12.1. The number of benzene rings is 1. The van der Waals surface area contributed by atoms with Crippen LogP contribution in [0.25, 0.3) is 0 Å². The van der Waals surface area contributed by atoms with E-state index in [1.54, 1.807) is 18.3 Å². The zero-order valence-electron chi connectivity index (χ0n) is 14.7. The van der Waals surface area contributed by atoms with Gasteiger partial charge in [0.1, 0.15) is 0 Å². The first-order valence-electron chi connectivity index (χ1n) is 9.02. The first kappa shape index (κ1) is 18.1. The molecule has 26 heavy (non-hydrogen) atoms. The van der Waals surface area contributed by atoms with Crippen molar-refractivity contribution in [3.05, 3.63) is 65.5 Å². The largest absolute Gasteiger partial charge is 0.381 e. The lowest BCUT2D eigenvalue weighted by Crippen LogP contribution is -2.36. The summed E-state index contributed by atoms with van der Waals surface area (Å²) in [4.78, 5) is 16.8. The van der Waals surface area contributed by atoms with E-state index >= 15 is 0 Å². The van der Waals surface area contributed by atoms with Gasteiger partial charge in [-0.1, -0.05) is 18.2 Å². The first-order chi connectivity index (χ1) is 12.8. The van der Waals surface area contributed by atoms with Gasteiger partial charge in [0.25, 0.3) is 0 Å². The number of amides is 1. The molecule has 1 atom stereocenters. The zero-order valence-corrected chi connectivity index (χ0v) is 14.7. The van der Waals surface area contributed by atoms with Crippen molar-refractivity contribution in [1.82, 2.24) is 10.3 Å². The third-order valence-electron chi connectivity index (χ3n) is 4.82. The number of nitrogens with zero attached hydrogens (tertiary/aromatic N) is 2. The molecule has 0 bridgehead atoms. The maximum absolute atomic E-state index is 12.6. The molecule has 0 aliphatic carbocycles. The Hall–Kier alpha value is -2.71. The van der Waals surface area contributed by atoms with E-state index < -0.39 is 0 Å². The van der Waals surface area contributed by atoms with Crippen LogP contribution in [0.15, 0.2) is 48.8 Å². The Morgan fingerprint density at radius 2 is 2.04 bits per heavy atom. The average molecular weight is 349 g/mol. The second kappa shape index (κ2) is 9.12. The fraction of sp³-hybridized carbons (Fsp3) is 0.381. The second-order valence-electron chi connectivity index (χ2n) is 6.59. The van der Waals surface area contributed by atoms with E-state index in [0.29, 0.717) is 24.3 Å². The lowest BCUT2D eigenvalue weighted by atomic mass is 9.87. The minimum absolute atomic E-state index is 0.0268. The lowest BCUT2D eigenvalue weighted by molar-refractivity contribution is -0.122. The molecular weight excluding hydrogens is 326 g/mol. The molecule has 1 N–H and O–H groups in total. The summed E-state index contributed by atoms with van der Waals surface area (Å²) in [5.74, 6) is 0.404. The van der Waals surface area contributed by atoms with Crippen molar-refractivity contribution in [2.75, 3.05) is 13.2 Å². The van der Waals surface area contributed by atoms with Crippen LogP contribution in [0.5, 0.6) is 0 Å². The minimum atomic E-state index is -0.0268. The normalized spacial score (nSPS) is 15.8. The number of nitriles is 1. The van der Waals surface area contributed by atoms with Crippen molar-refractivity contribution >= 4 is 5.91 Å². The number of aryl methyl sites for hydroxylation is 1. The molecule has 1 aliphatic rings. The molecule has 1 amide bonds. The maximum Gasteiger partial charge on any atom is 0.220 e. The summed E-state index contributed by atoms with van der Waals surface area (Å²) in [7, 11) is 0. The molecule has 5 heteroatoms. The molecule has 134 valence electrons. The number of ether oxygens (including phenoxy) is 1. The molecule has 2 aromatic rings. The molecule has 2 heterocycles. The highest BCUT2D eigenvalue weighted by Gasteiger charge is 2.27. The molecular formula is C21H23N3O2. The predicted molar refractivity (Wildman–Crippen MR) is 98.1 cm³/mol. The number of pyridine rings is 1. The Labute approximate surface area is 154 Å². The number of carbonyl (C=O) groups is 1. The minimum Gasteiger partial charge on any atom is -0.381 e. The van der Waals surface area contributed by atoms with Crippen LogP contribution in [-0.4, -0.2) is 24.1 Å². The lowest BCUT2D eigenvalue weighted by Gasteiger charge is -2.31. The van der Waals surface area contributed by atoms with Crippen LogP contribution in [0, 0.1) is 17.2 Å². The van der Waals surface area contributed by atoms with Crippen LogP contribution in [0.3, 0.4) is 0 Å². The molecule has 1 fully saturated rings. The SMILES string of the molecule is N#Cc1ccc(CCC(=O)N[C@H](c2cccnc2)C2CCOCC2)cc1. The Bertz CT molecular complexity index is 747. The van der Waals surface area contributed by atoms with E-state index in [9.17, 15) is 4.79 Å². The highest BCUT2D eigenvalue weighted by Crippen LogP contribution is 2.29. The maximum atomic E-state index is 12.6. The van der Waals surface area contributed by atoms with Gasteiger partial charge < -0.3 is 10.1 Å². The van der Waals surface area contributed by atoms with Gasteiger partial charge in [-0.15, -0.1) is 0 Å². The second-order valence-corrected chi connectivity index (χ2v) is 6.59. The van der Waals surface area contributed by atoms with E-state index in [1.807, 2.05) is 30.5 Å². The number of hydrogen-bond acceptors (Lipinski definition) is 4. The fourth-order valence-electron chi connectivity index (χ4n) is 3.33. The Morgan fingerprint density at radius 1 is 1.27 bits per heavy atom. The number of aromatic nitrogens is 1. The standard InChI is InChI=1S/C21H23N3O2/c22-14-17-5-3-16(4-6-17)7-8-20(25)24-21(18-9-12-26-13-10-18)19-2-1-11-23-15-19/h1-6,11,15,18,21H,7-10,12-13H2,(H,24,25)/t21-/m0/s1. The molecule has 1 aromatic carbocycles. The molecule has 1 aromatic heterocycles. The molecule has 5 nitrogen and oxygen atoms in total. The quantitative estimate of drug-likeness (QED) is 0.869. The van der Waals surface area contributed by atoms with Crippen molar-refractivity contribution in [2.45, 2.75) is 31.7 Å². The van der Waals surface area contributed by atoms with Gasteiger partial charge in [0.15, 0.2) is 0 Å². The van der Waals surface area contributed by atoms with E-state index in [4.69, 9.17) is 10.00 Å². The molecule has 0 radical (unpaired) electrons. The molecule has 0 spiro atoms. The number of carbonyl (C=O) groups excluding carboxylic acids is 1. The van der Waals surface area contributed by atoms with Gasteiger partial charge in [-0.25, -0.2) is 0 Å². The van der Waals surface area contributed by atoms with Crippen LogP contribution < -0.4 is 5.32 Å². The monoisotopic (exact) mass is 349 g/mol. The molecule has 1 aliphatic heterocycles. The highest BCUT2D eigenvalue weighted by atomic mass is 16.5. The van der Waals surface area contributed by atoms with Crippen LogP contribution in [0.4, 0.5) is 0 Å². The van der Waals surface area contributed by atoms with Crippen molar-refractivity contribution < 1.29 is 9.53 Å². The zero-order chi connectivity index (χ0) is 18.2. The van der Waals surface area contributed by atoms with Gasteiger partial charge in [-0.2, -0.15) is 5.26 Å². The summed E-state index contributed by atoms with van der Waals surface area (Å²) in [5.41, 5.74) is 2.74. The van der Waals surface area contributed by atoms with Crippen LogP contribution >= 0.6 is 0 Å². The highest BCUT2D eigenvalue weighted by molar-refractivity contribution is 5.76.